The Morgan fingerprint density at radius 3 is 2.43 bits per heavy atom. The second-order valence-corrected chi connectivity index (χ2v) is 6.30. The molecule has 0 atom stereocenters. The largest absolute Gasteiger partial charge is 0.493 e. The number of halogens is 1. The summed E-state index contributed by atoms with van der Waals surface area (Å²) in [6.45, 7) is 4.55. The van der Waals surface area contributed by atoms with Crippen LogP contribution in [-0.4, -0.2) is 50.8 Å². The predicted molar refractivity (Wildman–Crippen MR) is 105 cm³/mol. The third-order valence-corrected chi connectivity index (χ3v) is 4.52. The van der Waals surface area contributed by atoms with Crippen molar-refractivity contribution in [3.63, 3.8) is 0 Å². The number of rotatable bonds is 6. The lowest BCUT2D eigenvalue weighted by atomic mass is 9.96. The van der Waals surface area contributed by atoms with Crippen LogP contribution in [0.25, 0.3) is 5.57 Å². The molecule has 1 aliphatic heterocycles. The molecular weight excluding hydrogens is 361 g/mol. The van der Waals surface area contributed by atoms with Gasteiger partial charge in [0, 0.05) is 19.2 Å². The fraction of sp³-hybridized carbons (Fsp3) is 0.318. The van der Waals surface area contributed by atoms with Gasteiger partial charge in [0.1, 0.15) is 5.82 Å². The molecule has 2 aromatic rings. The summed E-state index contributed by atoms with van der Waals surface area (Å²) in [6, 6.07) is 11.6. The van der Waals surface area contributed by atoms with E-state index in [9.17, 15) is 9.18 Å². The zero-order valence-corrected chi connectivity index (χ0v) is 16.1. The molecule has 2 aromatic carbocycles. The Morgan fingerprint density at radius 1 is 1.11 bits per heavy atom. The Hall–Kier alpha value is -2.86. The molecule has 1 aliphatic rings. The molecule has 1 amide bonds. The van der Waals surface area contributed by atoms with Gasteiger partial charge in [0.05, 0.1) is 26.9 Å². The highest BCUT2D eigenvalue weighted by Gasteiger charge is 2.18. The molecule has 0 aliphatic carbocycles. The number of nitrogens with zero attached hydrogens (tertiary/aromatic N) is 1. The lowest BCUT2D eigenvalue weighted by Gasteiger charge is -2.26. The van der Waals surface area contributed by atoms with E-state index in [-0.39, 0.29) is 11.7 Å². The van der Waals surface area contributed by atoms with Crippen molar-refractivity contribution in [1.82, 2.24) is 4.90 Å². The molecule has 0 spiro atoms. The number of carbonyl (C=O) groups is 1. The molecule has 0 N–H and O–H groups in total. The summed E-state index contributed by atoms with van der Waals surface area (Å²) in [5, 5.41) is 0. The molecule has 0 radical (unpaired) electrons. The fourth-order valence-corrected chi connectivity index (χ4v) is 3.07. The Bertz CT molecular complexity index is 842. The van der Waals surface area contributed by atoms with Gasteiger partial charge in [-0.1, -0.05) is 18.2 Å². The quantitative estimate of drug-likeness (QED) is 0.714. The first-order chi connectivity index (χ1) is 13.6. The predicted octanol–water partition coefficient (Wildman–Crippen LogP) is 3.52. The van der Waals surface area contributed by atoms with Gasteiger partial charge in [0.2, 0.25) is 5.91 Å². The molecule has 1 fully saturated rings. The highest BCUT2D eigenvalue weighted by molar-refractivity contribution is 5.99. The van der Waals surface area contributed by atoms with Gasteiger partial charge in [0.25, 0.3) is 0 Å². The van der Waals surface area contributed by atoms with Crippen LogP contribution in [0.15, 0.2) is 48.5 Å². The van der Waals surface area contributed by atoms with Gasteiger partial charge in [-0.15, -0.1) is 0 Å². The number of benzene rings is 2. The van der Waals surface area contributed by atoms with Crippen LogP contribution in [-0.2, 0) is 9.53 Å². The summed E-state index contributed by atoms with van der Waals surface area (Å²) in [5.41, 5.74) is 2.23. The van der Waals surface area contributed by atoms with Crippen molar-refractivity contribution in [1.29, 1.82) is 0 Å². The molecule has 1 saturated heterocycles. The molecule has 0 aromatic heterocycles. The summed E-state index contributed by atoms with van der Waals surface area (Å²) < 4.78 is 29.8. The van der Waals surface area contributed by atoms with Gasteiger partial charge in [0.15, 0.2) is 11.5 Å². The lowest BCUT2D eigenvalue weighted by molar-refractivity contribution is -0.129. The third kappa shape index (κ3) is 4.70. The minimum atomic E-state index is -0.327. The normalized spacial score (nSPS) is 14.7. The van der Waals surface area contributed by atoms with Crippen molar-refractivity contribution in [3.05, 3.63) is 65.5 Å². The van der Waals surface area contributed by atoms with E-state index in [1.165, 1.54) is 12.1 Å². The van der Waals surface area contributed by atoms with Crippen molar-refractivity contribution in [2.45, 2.75) is 6.92 Å². The standard InChI is InChI=1S/C22H24FNO4/c1-3-28-21-14-17(6-9-20(21)26-2)19(16-4-7-18(23)8-5-16)15-22(25)24-10-12-27-13-11-24/h4-9,14-15H,3,10-13H2,1-2H3. The number of amides is 1. The monoisotopic (exact) mass is 385 g/mol. The van der Waals surface area contributed by atoms with Crippen LogP contribution in [0.2, 0.25) is 0 Å². The molecule has 3 rings (SSSR count). The fourth-order valence-electron chi connectivity index (χ4n) is 3.07. The first-order valence-electron chi connectivity index (χ1n) is 9.28. The molecular formula is C22H24FNO4. The second kappa shape index (κ2) is 9.37. The van der Waals surface area contributed by atoms with Gasteiger partial charge < -0.3 is 19.1 Å². The molecule has 28 heavy (non-hydrogen) atoms. The van der Waals surface area contributed by atoms with E-state index in [0.717, 1.165) is 11.1 Å². The molecule has 148 valence electrons. The van der Waals surface area contributed by atoms with Crippen LogP contribution in [0, 0.1) is 5.82 Å². The highest BCUT2D eigenvalue weighted by atomic mass is 19.1. The van der Waals surface area contributed by atoms with Crippen LogP contribution < -0.4 is 9.47 Å². The average molecular weight is 385 g/mol. The summed E-state index contributed by atoms with van der Waals surface area (Å²) >= 11 is 0. The summed E-state index contributed by atoms with van der Waals surface area (Å²) in [4.78, 5) is 14.6. The van der Waals surface area contributed by atoms with E-state index in [1.54, 1.807) is 36.3 Å². The van der Waals surface area contributed by atoms with Gasteiger partial charge in [-0.2, -0.15) is 0 Å². The van der Waals surface area contributed by atoms with E-state index >= 15 is 0 Å². The average Bonchev–Trinajstić information content (AvgIpc) is 2.73. The molecule has 0 unspecified atom stereocenters. The van der Waals surface area contributed by atoms with Gasteiger partial charge >= 0.3 is 0 Å². The van der Waals surface area contributed by atoms with Crippen LogP contribution in [0.3, 0.4) is 0 Å². The van der Waals surface area contributed by atoms with E-state index in [2.05, 4.69) is 0 Å². The third-order valence-electron chi connectivity index (χ3n) is 4.52. The second-order valence-electron chi connectivity index (χ2n) is 6.30. The smallest absolute Gasteiger partial charge is 0.247 e. The van der Waals surface area contributed by atoms with Crippen LogP contribution >= 0.6 is 0 Å². The minimum absolute atomic E-state index is 0.101. The maximum Gasteiger partial charge on any atom is 0.247 e. The Morgan fingerprint density at radius 2 is 1.79 bits per heavy atom. The van der Waals surface area contributed by atoms with Crippen molar-refractivity contribution in [3.8, 4) is 11.5 Å². The first-order valence-corrected chi connectivity index (χ1v) is 9.28. The van der Waals surface area contributed by atoms with E-state index in [1.807, 2.05) is 19.1 Å². The maximum absolute atomic E-state index is 13.4. The molecule has 1 heterocycles. The van der Waals surface area contributed by atoms with Gasteiger partial charge in [-0.05, 0) is 47.9 Å². The minimum Gasteiger partial charge on any atom is -0.493 e. The van der Waals surface area contributed by atoms with Crippen LogP contribution in [0.1, 0.15) is 18.1 Å². The SMILES string of the molecule is CCOc1cc(C(=CC(=O)N2CCOCC2)c2ccc(F)cc2)ccc1OC. The maximum atomic E-state index is 13.4. The number of morpholine rings is 1. The van der Waals surface area contributed by atoms with Gasteiger partial charge in [-0.25, -0.2) is 4.39 Å². The van der Waals surface area contributed by atoms with Crippen molar-refractivity contribution >= 4 is 11.5 Å². The summed E-state index contributed by atoms with van der Waals surface area (Å²) in [7, 11) is 1.58. The summed E-state index contributed by atoms with van der Waals surface area (Å²) in [5.74, 6) is 0.779. The van der Waals surface area contributed by atoms with Crippen LogP contribution in [0.5, 0.6) is 11.5 Å². The van der Waals surface area contributed by atoms with Crippen molar-refractivity contribution < 1.29 is 23.4 Å². The van der Waals surface area contributed by atoms with E-state index in [4.69, 9.17) is 14.2 Å². The molecule has 0 saturated carbocycles. The van der Waals surface area contributed by atoms with Gasteiger partial charge in [-0.3, -0.25) is 4.79 Å². The summed E-state index contributed by atoms with van der Waals surface area (Å²) in [6.07, 6.45) is 1.59. The number of methoxy groups -OCH3 is 1. The van der Waals surface area contributed by atoms with Crippen LogP contribution in [0.4, 0.5) is 4.39 Å². The highest BCUT2D eigenvalue weighted by Crippen LogP contribution is 2.33. The van der Waals surface area contributed by atoms with Crippen molar-refractivity contribution in [2.75, 3.05) is 40.0 Å². The topological polar surface area (TPSA) is 48.0 Å². The zero-order valence-electron chi connectivity index (χ0n) is 16.1. The molecule has 0 bridgehead atoms. The Balaban J connectivity index is 2.03. The Kier molecular flexibility index (Phi) is 6.66. The zero-order chi connectivity index (χ0) is 19.9. The molecule has 6 heteroatoms. The first kappa shape index (κ1) is 19.9. The Labute approximate surface area is 164 Å². The lowest BCUT2D eigenvalue weighted by Crippen LogP contribution is -2.39. The van der Waals surface area contributed by atoms with E-state index < -0.39 is 0 Å². The van der Waals surface area contributed by atoms with E-state index in [0.29, 0.717) is 50.0 Å². The molecule has 5 nitrogen and oxygen atoms in total. The number of hydrogen-bond acceptors (Lipinski definition) is 4. The number of carbonyl (C=O) groups excluding carboxylic acids is 1. The van der Waals surface area contributed by atoms with Crippen molar-refractivity contribution in [2.24, 2.45) is 0 Å². The number of hydrogen-bond donors (Lipinski definition) is 0. The number of ether oxygens (including phenoxy) is 3.